The van der Waals surface area contributed by atoms with Gasteiger partial charge in [-0.25, -0.2) is 0 Å². The number of nitrogens with two attached hydrogens (primary N) is 2. The van der Waals surface area contributed by atoms with Gasteiger partial charge >= 0.3 is 0 Å². The van der Waals surface area contributed by atoms with Crippen LogP contribution in [0.3, 0.4) is 0 Å². The molecule has 5 heteroatoms. The summed E-state index contributed by atoms with van der Waals surface area (Å²) in [5, 5.41) is 4.94. The van der Waals surface area contributed by atoms with Crippen LogP contribution in [0.15, 0.2) is 84.9 Å². The number of fused-ring (bicyclic) bond motifs is 1. The van der Waals surface area contributed by atoms with Crippen molar-refractivity contribution < 1.29 is 9.53 Å². The first-order chi connectivity index (χ1) is 13.6. The third-order valence-corrected chi connectivity index (χ3v) is 4.33. The molecule has 5 nitrogen and oxygen atoms in total. The molecular weight excluding hydrogens is 350 g/mol. The average molecular weight is 369 g/mol. The second-order valence-corrected chi connectivity index (χ2v) is 6.45. The van der Waals surface area contributed by atoms with E-state index in [0.717, 1.165) is 16.5 Å². The maximum absolute atomic E-state index is 12.4. The summed E-state index contributed by atoms with van der Waals surface area (Å²) in [5.41, 5.74) is 13.6. The fourth-order valence-corrected chi connectivity index (χ4v) is 3.04. The van der Waals surface area contributed by atoms with Crippen molar-refractivity contribution in [1.29, 1.82) is 0 Å². The maximum Gasteiger partial charge on any atom is 0.255 e. The number of nitrogens with one attached hydrogen (secondary N) is 1. The molecule has 4 rings (SSSR count). The SMILES string of the molecule is Nc1cc(N)cc(NC(=O)c2ccc(Oc3cccc4ccccc34)cc2)c1. The van der Waals surface area contributed by atoms with E-state index >= 15 is 0 Å². The topological polar surface area (TPSA) is 90.4 Å². The van der Waals surface area contributed by atoms with E-state index in [1.807, 2.05) is 42.5 Å². The van der Waals surface area contributed by atoms with E-state index in [0.29, 0.717) is 28.4 Å². The third kappa shape index (κ3) is 3.73. The van der Waals surface area contributed by atoms with Crippen molar-refractivity contribution in [1.82, 2.24) is 0 Å². The minimum atomic E-state index is -0.248. The largest absolute Gasteiger partial charge is 0.457 e. The Kier molecular flexibility index (Phi) is 4.56. The van der Waals surface area contributed by atoms with Crippen LogP contribution in [0.2, 0.25) is 0 Å². The lowest BCUT2D eigenvalue weighted by molar-refractivity contribution is 0.102. The van der Waals surface area contributed by atoms with Gasteiger partial charge in [-0.1, -0.05) is 36.4 Å². The number of amides is 1. The Labute approximate surface area is 162 Å². The Morgan fingerprint density at radius 2 is 1.46 bits per heavy atom. The summed E-state index contributed by atoms with van der Waals surface area (Å²) in [6, 6.07) is 25.9. The normalized spacial score (nSPS) is 10.6. The molecule has 5 N–H and O–H groups in total. The van der Waals surface area contributed by atoms with E-state index < -0.39 is 0 Å². The lowest BCUT2D eigenvalue weighted by Crippen LogP contribution is -2.12. The van der Waals surface area contributed by atoms with Crippen molar-refractivity contribution in [2.24, 2.45) is 0 Å². The zero-order chi connectivity index (χ0) is 19.5. The summed E-state index contributed by atoms with van der Waals surface area (Å²) < 4.78 is 6.01. The van der Waals surface area contributed by atoms with Gasteiger partial charge in [0.1, 0.15) is 11.5 Å². The predicted octanol–water partition coefficient (Wildman–Crippen LogP) is 5.05. The number of rotatable bonds is 4. The van der Waals surface area contributed by atoms with Crippen molar-refractivity contribution in [3.63, 3.8) is 0 Å². The first-order valence-electron chi connectivity index (χ1n) is 8.81. The Hall–Kier alpha value is -3.99. The van der Waals surface area contributed by atoms with E-state index in [4.69, 9.17) is 16.2 Å². The van der Waals surface area contributed by atoms with Gasteiger partial charge in [-0.15, -0.1) is 0 Å². The van der Waals surface area contributed by atoms with Crippen LogP contribution in [-0.2, 0) is 0 Å². The first-order valence-corrected chi connectivity index (χ1v) is 8.81. The van der Waals surface area contributed by atoms with Crippen molar-refractivity contribution in [2.75, 3.05) is 16.8 Å². The van der Waals surface area contributed by atoms with Crippen molar-refractivity contribution in [3.8, 4) is 11.5 Å². The van der Waals surface area contributed by atoms with E-state index in [1.165, 1.54) is 0 Å². The molecule has 0 atom stereocenters. The summed E-state index contributed by atoms with van der Waals surface area (Å²) in [5.74, 6) is 1.17. The van der Waals surface area contributed by atoms with Gasteiger partial charge in [0.25, 0.3) is 5.91 Å². The molecule has 0 aliphatic heterocycles. The molecule has 0 radical (unpaired) electrons. The molecule has 0 heterocycles. The van der Waals surface area contributed by atoms with Gasteiger partial charge in [0.15, 0.2) is 0 Å². The van der Waals surface area contributed by atoms with E-state index in [-0.39, 0.29) is 5.91 Å². The highest BCUT2D eigenvalue weighted by molar-refractivity contribution is 6.04. The maximum atomic E-state index is 12.4. The Balaban J connectivity index is 1.51. The molecule has 0 spiro atoms. The van der Waals surface area contributed by atoms with Crippen LogP contribution in [0.5, 0.6) is 11.5 Å². The second kappa shape index (κ2) is 7.32. The molecular formula is C23H19N3O2. The molecule has 0 aromatic heterocycles. The molecule has 0 aliphatic carbocycles. The number of carbonyl (C=O) groups is 1. The smallest absolute Gasteiger partial charge is 0.255 e. The summed E-state index contributed by atoms with van der Waals surface area (Å²) in [7, 11) is 0. The molecule has 0 unspecified atom stereocenters. The minimum Gasteiger partial charge on any atom is -0.457 e. The number of hydrogen-bond donors (Lipinski definition) is 3. The highest BCUT2D eigenvalue weighted by Crippen LogP contribution is 2.30. The van der Waals surface area contributed by atoms with Gasteiger partial charge in [0.05, 0.1) is 0 Å². The number of carbonyl (C=O) groups excluding carboxylic acids is 1. The van der Waals surface area contributed by atoms with Crippen LogP contribution in [-0.4, -0.2) is 5.91 Å². The van der Waals surface area contributed by atoms with Gasteiger partial charge in [-0.2, -0.15) is 0 Å². The number of anilines is 3. The zero-order valence-corrected chi connectivity index (χ0v) is 15.1. The van der Waals surface area contributed by atoms with Crippen molar-refractivity contribution >= 4 is 33.7 Å². The van der Waals surface area contributed by atoms with E-state index in [9.17, 15) is 4.79 Å². The van der Waals surface area contributed by atoms with Gasteiger partial charge in [0, 0.05) is 28.0 Å². The fraction of sp³-hybridized carbons (Fsp3) is 0. The quantitative estimate of drug-likeness (QED) is 0.439. The second-order valence-electron chi connectivity index (χ2n) is 6.45. The van der Waals surface area contributed by atoms with Gasteiger partial charge < -0.3 is 21.5 Å². The highest BCUT2D eigenvalue weighted by Gasteiger charge is 2.08. The molecule has 138 valence electrons. The molecule has 0 saturated carbocycles. The van der Waals surface area contributed by atoms with Crippen LogP contribution >= 0.6 is 0 Å². The first kappa shape index (κ1) is 17.4. The molecule has 28 heavy (non-hydrogen) atoms. The standard InChI is InChI=1S/C23H19N3O2/c24-17-12-18(25)14-19(13-17)26-23(27)16-8-10-20(11-9-16)28-22-7-3-5-15-4-1-2-6-21(15)22/h1-14H,24-25H2,(H,26,27). The Bertz CT molecular complexity index is 1130. The van der Waals surface area contributed by atoms with Gasteiger partial charge in [-0.05, 0) is 53.9 Å². The molecule has 0 fully saturated rings. The molecule has 0 aliphatic rings. The zero-order valence-electron chi connectivity index (χ0n) is 15.1. The number of benzene rings is 4. The average Bonchev–Trinajstić information content (AvgIpc) is 2.68. The van der Waals surface area contributed by atoms with Crippen LogP contribution in [0.25, 0.3) is 10.8 Å². The van der Waals surface area contributed by atoms with Crippen molar-refractivity contribution in [3.05, 3.63) is 90.5 Å². The number of ether oxygens (including phenoxy) is 1. The summed E-state index contributed by atoms with van der Waals surface area (Å²) >= 11 is 0. The van der Waals surface area contributed by atoms with Gasteiger partial charge in [0.2, 0.25) is 0 Å². The monoisotopic (exact) mass is 369 g/mol. The Morgan fingerprint density at radius 1 is 0.786 bits per heavy atom. The van der Waals surface area contributed by atoms with Crippen LogP contribution in [0.4, 0.5) is 17.1 Å². The fourth-order valence-electron chi connectivity index (χ4n) is 3.04. The highest BCUT2D eigenvalue weighted by atomic mass is 16.5. The molecule has 0 saturated heterocycles. The van der Waals surface area contributed by atoms with Crippen LogP contribution in [0, 0.1) is 0 Å². The summed E-state index contributed by atoms with van der Waals surface area (Å²) in [6.07, 6.45) is 0. The number of nitrogen functional groups attached to an aromatic ring is 2. The van der Waals surface area contributed by atoms with Crippen LogP contribution < -0.4 is 21.5 Å². The Morgan fingerprint density at radius 3 is 2.21 bits per heavy atom. The summed E-state index contributed by atoms with van der Waals surface area (Å²) in [6.45, 7) is 0. The lowest BCUT2D eigenvalue weighted by Gasteiger charge is -2.10. The van der Waals surface area contributed by atoms with Crippen molar-refractivity contribution in [2.45, 2.75) is 0 Å². The molecule has 4 aromatic rings. The van der Waals surface area contributed by atoms with E-state index in [1.54, 1.807) is 42.5 Å². The number of hydrogen-bond acceptors (Lipinski definition) is 4. The minimum absolute atomic E-state index is 0.248. The lowest BCUT2D eigenvalue weighted by atomic mass is 10.1. The van der Waals surface area contributed by atoms with Crippen LogP contribution in [0.1, 0.15) is 10.4 Å². The molecule has 1 amide bonds. The predicted molar refractivity (Wildman–Crippen MR) is 114 cm³/mol. The molecule has 0 bridgehead atoms. The summed E-state index contributed by atoms with van der Waals surface area (Å²) in [4.78, 5) is 12.4. The molecule has 4 aromatic carbocycles. The van der Waals surface area contributed by atoms with Gasteiger partial charge in [-0.3, -0.25) is 4.79 Å². The third-order valence-electron chi connectivity index (χ3n) is 4.33. The van der Waals surface area contributed by atoms with E-state index in [2.05, 4.69) is 5.32 Å².